The molecule has 0 aromatic heterocycles. The van der Waals surface area contributed by atoms with Crippen LogP contribution in [0.5, 0.6) is 0 Å². The summed E-state index contributed by atoms with van der Waals surface area (Å²) in [5.74, 6) is -0.806. The summed E-state index contributed by atoms with van der Waals surface area (Å²) in [4.78, 5) is 11.0. The lowest BCUT2D eigenvalue weighted by Crippen LogP contribution is -2.23. The Morgan fingerprint density at radius 1 is 1.40 bits per heavy atom. The third kappa shape index (κ3) is 4.09. The number of aliphatic hydroxyl groups is 2. The summed E-state index contributed by atoms with van der Waals surface area (Å²) in [7, 11) is 1.08. The molecule has 8 heteroatoms. The van der Waals surface area contributed by atoms with E-state index in [2.05, 4.69) is 4.74 Å². The van der Waals surface area contributed by atoms with E-state index < -0.39 is 36.3 Å². The van der Waals surface area contributed by atoms with Crippen molar-refractivity contribution < 1.29 is 32.9 Å². The molecule has 0 amide bonds. The van der Waals surface area contributed by atoms with E-state index in [4.69, 9.17) is 11.6 Å². The van der Waals surface area contributed by atoms with Crippen LogP contribution < -0.4 is 0 Å². The maximum Gasteiger partial charge on any atom is 0.416 e. The zero-order valence-corrected chi connectivity index (χ0v) is 11.1. The molecule has 4 nitrogen and oxygen atoms in total. The van der Waals surface area contributed by atoms with E-state index >= 15 is 0 Å². The van der Waals surface area contributed by atoms with Gasteiger partial charge in [-0.1, -0.05) is 11.6 Å². The molecule has 1 aromatic carbocycles. The molecule has 20 heavy (non-hydrogen) atoms. The highest BCUT2D eigenvalue weighted by Gasteiger charge is 2.32. The number of carbonyl (C=O) groups excluding carboxylic acids is 1. The molecule has 0 saturated heterocycles. The van der Waals surface area contributed by atoms with Crippen LogP contribution in [0.2, 0.25) is 5.02 Å². The van der Waals surface area contributed by atoms with Gasteiger partial charge in [0.15, 0.2) is 0 Å². The van der Waals surface area contributed by atoms with Gasteiger partial charge in [-0.3, -0.25) is 4.79 Å². The molecule has 0 spiro atoms. The topological polar surface area (TPSA) is 66.8 Å². The minimum absolute atomic E-state index is 0.144. The predicted molar refractivity (Wildman–Crippen MR) is 64.1 cm³/mol. The van der Waals surface area contributed by atoms with Crippen LogP contribution >= 0.6 is 11.6 Å². The van der Waals surface area contributed by atoms with E-state index in [-0.39, 0.29) is 10.6 Å². The zero-order chi connectivity index (χ0) is 15.5. The van der Waals surface area contributed by atoms with Gasteiger partial charge in [0.2, 0.25) is 0 Å². The molecule has 0 aliphatic rings. The highest BCUT2D eigenvalue weighted by atomic mass is 35.5. The zero-order valence-electron chi connectivity index (χ0n) is 10.3. The molecule has 1 aromatic rings. The lowest BCUT2D eigenvalue weighted by molar-refractivity contribution is -0.145. The maximum atomic E-state index is 12.6. The summed E-state index contributed by atoms with van der Waals surface area (Å²) in [5, 5.41) is 19.3. The van der Waals surface area contributed by atoms with Crippen LogP contribution in [-0.4, -0.2) is 29.4 Å². The van der Waals surface area contributed by atoms with Gasteiger partial charge in [0.25, 0.3) is 0 Å². The van der Waals surface area contributed by atoms with Crippen LogP contribution in [0.4, 0.5) is 13.2 Å². The van der Waals surface area contributed by atoms with Crippen LogP contribution in [0, 0.1) is 0 Å². The fourth-order valence-electron chi connectivity index (χ4n) is 1.52. The number of aliphatic hydroxyl groups excluding tert-OH is 2. The average molecular weight is 313 g/mol. The number of benzene rings is 1. The van der Waals surface area contributed by atoms with Gasteiger partial charge in [0.1, 0.15) is 6.10 Å². The van der Waals surface area contributed by atoms with Crippen LogP contribution in [0.3, 0.4) is 0 Å². The predicted octanol–water partition coefficient (Wildman–Crippen LogP) is 2.32. The number of halogens is 4. The third-order valence-corrected chi connectivity index (χ3v) is 2.95. The first-order valence-electron chi connectivity index (χ1n) is 5.46. The van der Waals surface area contributed by atoms with E-state index in [1.807, 2.05) is 0 Å². The standard InChI is InChI=1S/C12H12ClF3O4/c1-20-10(18)5-9(17)11(19)7-4-6(12(14,15)16)2-3-8(7)13/h2-4,9,11,17,19H,5H2,1H3. The molecular formula is C12H12ClF3O4. The summed E-state index contributed by atoms with van der Waals surface area (Å²) in [6.07, 6.45) is -8.52. The van der Waals surface area contributed by atoms with Crippen molar-refractivity contribution >= 4 is 17.6 Å². The quantitative estimate of drug-likeness (QED) is 0.837. The molecule has 0 saturated carbocycles. The second-order valence-corrected chi connectivity index (χ2v) is 4.43. The smallest absolute Gasteiger partial charge is 0.416 e. The molecule has 0 fully saturated rings. The highest BCUT2D eigenvalue weighted by Crippen LogP contribution is 2.34. The Hall–Kier alpha value is -1.31. The van der Waals surface area contributed by atoms with E-state index in [0.29, 0.717) is 6.07 Å². The molecule has 1 rings (SSSR count). The van der Waals surface area contributed by atoms with Gasteiger partial charge >= 0.3 is 12.1 Å². The molecule has 0 radical (unpaired) electrons. The molecule has 0 aliphatic carbocycles. The van der Waals surface area contributed by atoms with E-state index in [9.17, 15) is 28.2 Å². The van der Waals surface area contributed by atoms with Crippen molar-refractivity contribution in [3.63, 3.8) is 0 Å². The Kier molecular flexibility index (Phi) is 5.38. The van der Waals surface area contributed by atoms with Crippen molar-refractivity contribution in [1.82, 2.24) is 0 Å². The first-order chi connectivity index (χ1) is 9.16. The van der Waals surface area contributed by atoms with E-state index in [1.54, 1.807) is 0 Å². The number of alkyl halides is 3. The largest absolute Gasteiger partial charge is 0.469 e. The summed E-state index contributed by atoms with van der Waals surface area (Å²) in [5.41, 5.74) is -1.32. The number of hydrogen-bond acceptors (Lipinski definition) is 4. The SMILES string of the molecule is COC(=O)CC(O)C(O)c1cc(C(F)(F)F)ccc1Cl. The van der Waals surface area contributed by atoms with Crippen LogP contribution in [0.25, 0.3) is 0 Å². The molecule has 112 valence electrons. The molecular weight excluding hydrogens is 301 g/mol. The summed E-state index contributed by atoms with van der Waals surface area (Å²) in [6, 6.07) is 2.35. The third-order valence-electron chi connectivity index (χ3n) is 2.61. The normalized spacial score (nSPS) is 14.8. The van der Waals surface area contributed by atoms with Gasteiger partial charge in [0, 0.05) is 10.6 Å². The number of ether oxygens (including phenoxy) is 1. The molecule has 2 atom stereocenters. The van der Waals surface area contributed by atoms with Crippen molar-refractivity contribution in [2.24, 2.45) is 0 Å². The van der Waals surface area contributed by atoms with Crippen molar-refractivity contribution in [2.45, 2.75) is 24.8 Å². The fraction of sp³-hybridized carbons (Fsp3) is 0.417. The summed E-state index contributed by atoms with van der Waals surface area (Å²) < 4.78 is 42.0. The lowest BCUT2D eigenvalue weighted by Gasteiger charge is -2.19. The molecule has 0 heterocycles. The highest BCUT2D eigenvalue weighted by molar-refractivity contribution is 6.31. The van der Waals surface area contributed by atoms with Gasteiger partial charge in [-0.15, -0.1) is 0 Å². The Balaban J connectivity index is 3.03. The second-order valence-electron chi connectivity index (χ2n) is 4.03. The number of methoxy groups -OCH3 is 1. The minimum Gasteiger partial charge on any atom is -0.469 e. The molecule has 0 bridgehead atoms. The number of esters is 1. The van der Waals surface area contributed by atoms with E-state index in [0.717, 1.165) is 19.2 Å². The van der Waals surface area contributed by atoms with Crippen molar-refractivity contribution in [2.75, 3.05) is 7.11 Å². The number of rotatable bonds is 4. The minimum atomic E-state index is -4.60. The van der Waals surface area contributed by atoms with Crippen LogP contribution in [0.1, 0.15) is 23.7 Å². The Morgan fingerprint density at radius 3 is 2.50 bits per heavy atom. The average Bonchev–Trinajstić information content (AvgIpc) is 2.36. The monoisotopic (exact) mass is 312 g/mol. The lowest BCUT2D eigenvalue weighted by atomic mass is 10.00. The van der Waals surface area contributed by atoms with E-state index in [1.165, 1.54) is 0 Å². The Morgan fingerprint density at radius 2 is 2.00 bits per heavy atom. The molecule has 2 N–H and O–H groups in total. The number of carbonyl (C=O) groups is 1. The summed E-state index contributed by atoms with van der Waals surface area (Å²) in [6.45, 7) is 0. The van der Waals surface area contributed by atoms with Gasteiger partial charge in [-0.25, -0.2) is 0 Å². The van der Waals surface area contributed by atoms with Gasteiger partial charge in [-0.05, 0) is 18.2 Å². The summed E-state index contributed by atoms with van der Waals surface area (Å²) >= 11 is 5.70. The van der Waals surface area contributed by atoms with Gasteiger partial charge in [0.05, 0.1) is 25.2 Å². The van der Waals surface area contributed by atoms with Gasteiger partial charge < -0.3 is 14.9 Å². The van der Waals surface area contributed by atoms with Gasteiger partial charge in [-0.2, -0.15) is 13.2 Å². The van der Waals surface area contributed by atoms with Crippen molar-refractivity contribution in [3.05, 3.63) is 34.3 Å². The van der Waals surface area contributed by atoms with Crippen molar-refractivity contribution in [3.8, 4) is 0 Å². The first kappa shape index (κ1) is 16.7. The maximum absolute atomic E-state index is 12.6. The fourth-order valence-corrected chi connectivity index (χ4v) is 1.75. The van der Waals surface area contributed by atoms with Crippen LogP contribution in [0.15, 0.2) is 18.2 Å². The Bertz CT molecular complexity index is 490. The molecule has 2 unspecified atom stereocenters. The number of hydrogen-bond donors (Lipinski definition) is 2. The van der Waals surface area contributed by atoms with Crippen molar-refractivity contribution in [1.29, 1.82) is 0 Å². The second kappa shape index (κ2) is 6.43. The first-order valence-corrected chi connectivity index (χ1v) is 5.84. The van der Waals surface area contributed by atoms with Crippen LogP contribution in [-0.2, 0) is 15.7 Å². The molecule has 0 aliphatic heterocycles. The Labute approximate surface area is 117 Å².